The molecule has 0 saturated carbocycles. The Morgan fingerprint density at radius 2 is 1.39 bits per heavy atom. The van der Waals surface area contributed by atoms with Crippen LogP contribution in [0.5, 0.6) is 5.75 Å². The summed E-state index contributed by atoms with van der Waals surface area (Å²) in [6, 6.07) is 13.8. The summed E-state index contributed by atoms with van der Waals surface area (Å²) >= 11 is 11.5. The minimum absolute atomic E-state index is 0.513. The first-order valence-corrected chi connectivity index (χ1v) is 8.09. The quantitative estimate of drug-likeness (QED) is 0.761. The summed E-state index contributed by atoms with van der Waals surface area (Å²) in [5.41, 5.74) is 0. The van der Waals surface area contributed by atoms with Gasteiger partial charge in [-0.3, -0.25) is 0 Å². The molecule has 0 N–H and O–H groups in total. The Labute approximate surface area is 121 Å². The van der Waals surface area contributed by atoms with Crippen molar-refractivity contribution < 1.29 is 8.39 Å². The van der Waals surface area contributed by atoms with Crippen LogP contribution in [0, 0.1) is 0 Å². The van der Waals surface area contributed by atoms with Gasteiger partial charge in [0.05, 0.1) is 0 Å². The fraction of sp³-hybridized carbons (Fsp3) is 0. The molecule has 18 heavy (non-hydrogen) atoms. The SMILES string of the molecule is O=S(Oc1ccc(Cl)cc1)Sc1ccc(Cl)cc1. The van der Waals surface area contributed by atoms with E-state index in [2.05, 4.69) is 0 Å². The average Bonchev–Trinajstić information content (AvgIpc) is 2.35. The van der Waals surface area contributed by atoms with Gasteiger partial charge in [-0.1, -0.05) is 23.2 Å². The molecular formula is C12H8Cl2O2S2. The topological polar surface area (TPSA) is 26.3 Å². The first-order valence-electron chi connectivity index (χ1n) is 4.93. The van der Waals surface area contributed by atoms with Crippen molar-refractivity contribution in [3.63, 3.8) is 0 Å². The van der Waals surface area contributed by atoms with Crippen molar-refractivity contribution in [2.45, 2.75) is 4.90 Å². The normalized spacial score (nSPS) is 12.1. The van der Waals surface area contributed by atoms with Crippen LogP contribution in [0.15, 0.2) is 53.4 Å². The monoisotopic (exact) mass is 318 g/mol. The van der Waals surface area contributed by atoms with E-state index in [0.29, 0.717) is 15.8 Å². The fourth-order valence-electron chi connectivity index (χ4n) is 1.15. The first-order chi connectivity index (χ1) is 8.63. The van der Waals surface area contributed by atoms with Crippen LogP contribution in [0.1, 0.15) is 0 Å². The van der Waals surface area contributed by atoms with Crippen LogP contribution in [0.3, 0.4) is 0 Å². The molecule has 0 fully saturated rings. The number of halogens is 2. The van der Waals surface area contributed by atoms with E-state index in [1.165, 1.54) is 0 Å². The molecule has 0 saturated heterocycles. The van der Waals surface area contributed by atoms with E-state index in [-0.39, 0.29) is 0 Å². The first kappa shape index (κ1) is 13.7. The number of rotatable bonds is 4. The Kier molecular flexibility index (Phi) is 4.95. The molecular weight excluding hydrogens is 311 g/mol. The number of hydrogen-bond donors (Lipinski definition) is 0. The Hall–Kier alpha value is -0.680. The molecule has 1 atom stereocenters. The van der Waals surface area contributed by atoms with Crippen molar-refractivity contribution in [3.05, 3.63) is 58.6 Å². The van der Waals surface area contributed by atoms with Crippen LogP contribution >= 0.6 is 34.0 Å². The molecule has 94 valence electrons. The summed E-state index contributed by atoms with van der Waals surface area (Å²) in [5.74, 6) is 0.513. The summed E-state index contributed by atoms with van der Waals surface area (Å²) in [6.07, 6.45) is 0. The zero-order valence-corrected chi connectivity index (χ0v) is 12.2. The van der Waals surface area contributed by atoms with Gasteiger partial charge in [0.2, 0.25) is 0 Å². The average molecular weight is 319 g/mol. The molecule has 0 amide bonds. The molecule has 0 spiro atoms. The van der Waals surface area contributed by atoms with Gasteiger partial charge in [0.15, 0.2) is 0 Å². The van der Waals surface area contributed by atoms with Gasteiger partial charge in [-0.25, -0.2) is 4.21 Å². The molecule has 2 rings (SSSR count). The summed E-state index contributed by atoms with van der Waals surface area (Å²) in [5, 5.41) is 1.25. The van der Waals surface area contributed by atoms with Crippen molar-refractivity contribution in [2.75, 3.05) is 0 Å². The lowest BCUT2D eigenvalue weighted by molar-refractivity contribution is 0.577. The minimum atomic E-state index is -1.50. The molecule has 6 heteroatoms. The van der Waals surface area contributed by atoms with E-state index in [4.69, 9.17) is 27.4 Å². The van der Waals surface area contributed by atoms with Gasteiger partial charge >= 0.3 is 0 Å². The van der Waals surface area contributed by atoms with Crippen LogP contribution in [-0.2, 0) is 10.1 Å². The van der Waals surface area contributed by atoms with Gasteiger partial charge < -0.3 is 4.18 Å². The third-order valence-electron chi connectivity index (χ3n) is 1.96. The predicted octanol–water partition coefficient (Wildman–Crippen LogP) is 4.74. The highest BCUT2D eigenvalue weighted by Gasteiger charge is 2.05. The maximum Gasteiger partial charge on any atom is 0.276 e. The molecule has 0 aliphatic carbocycles. The maximum absolute atomic E-state index is 11.7. The van der Waals surface area contributed by atoms with Crippen LogP contribution in [0.4, 0.5) is 0 Å². The Morgan fingerprint density at radius 1 is 0.889 bits per heavy atom. The van der Waals surface area contributed by atoms with E-state index >= 15 is 0 Å². The fourth-order valence-corrected chi connectivity index (χ4v) is 3.26. The van der Waals surface area contributed by atoms with Crippen LogP contribution < -0.4 is 4.18 Å². The van der Waals surface area contributed by atoms with Gasteiger partial charge in [-0.2, -0.15) is 0 Å². The molecule has 2 aromatic rings. The predicted molar refractivity (Wildman–Crippen MR) is 77.5 cm³/mol. The molecule has 1 unspecified atom stereocenters. The van der Waals surface area contributed by atoms with E-state index in [9.17, 15) is 4.21 Å². The highest BCUT2D eigenvalue weighted by molar-refractivity contribution is 8.67. The van der Waals surface area contributed by atoms with Crippen molar-refractivity contribution >= 4 is 44.1 Å². The molecule has 0 heterocycles. The van der Waals surface area contributed by atoms with Crippen molar-refractivity contribution in [3.8, 4) is 5.75 Å². The number of hydrogen-bond acceptors (Lipinski definition) is 3. The number of benzene rings is 2. The summed E-state index contributed by atoms with van der Waals surface area (Å²) < 4.78 is 17.0. The van der Waals surface area contributed by atoms with Crippen LogP contribution in [0.2, 0.25) is 10.0 Å². The second-order valence-corrected chi connectivity index (χ2v) is 6.68. The van der Waals surface area contributed by atoms with E-state index < -0.39 is 10.1 Å². The standard InChI is InChI=1S/C12H8Cl2O2S2/c13-9-1-5-11(6-2-9)16-18(15)17-12-7-3-10(14)4-8-12/h1-8H. The molecule has 0 radical (unpaired) electrons. The second-order valence-electron chi connectivity index (χ2n) is 3.28. The third kappa shape index (κ3) is 4.21. The van der Waals surface area contributed by atoms with Gasteiger partial charge in [-0.15, -0.1) is 0 Å². The summed E-state index contributed by atoms with van der Waals surface area (Å²) in [7, 11) is -0.395. The van der Waals surface area contributed by atoms with E-state index in [0.717, 1.165) is 15.7 Å². The van der Waals surface area contributed by atoms with Crippen molar-refractivity contribution in [1.82, 2.24) is 0 Å². The minimum Gasteiger partial charge on any atom is -0.392 e. The Morgan fingerprint density at radius 3 is 1.94 bits per heavy atom. The second kappa shape index (κ2) is 6.48. The van der Waals surface area contributed by atoms with Crippen LogP contribution in [-0.4, -0.2) is 4.21 Å². The smallest absolute Gasteiger partial charge is 0.276 e. The Bertz CT molecular complexity index is 492. The highest BCUT2D eigenvalue weighted by atomic mass is 35.5. The molecule has 0 aromatic heterocycles. The zero-order valence-electron chi connectivity index (χ0n) is 9.01. The zero-order chi connectivity index (χ0) is 13.0. The molecule has 0 bridgehead atoms. The largest absolute Gasteiger partial charge is 0.392 e. The van der Waals surface area contributed by atoms with Crippen LogP contribution in [0.25, 0.3) is 0 Å². The summed E-state index contributed by atoms with van der Waals surface area (Å²) in [6.45, 7) is 0. The lowest BCUT2D eigenvalue weighted by Crippen LogP contribution is -1.94. The molecule has 2 aromatic carbocycles. The maximum atomic E-state index is 11.7. The lowest BCUT2D eigenvalue weighted by atomic mass is 10.3. The van der Waals surface area contributed by atoms with Crippen molar-refractivity contribution in [2.24, 2.45) is 0 Å². The van der Waals surface area contributed by atoms with Gasteiger partial charge in [0.25, 0.3) is 10.1 Å². The molecule has 0 aliphatic rings. The van der Waals surface area contributed by atoms with Gasteiger partial charge in [0.1, 0.15) is 5.75 Å². The van der Waals surface area contributed by atoms with E-state index in [1.807, 2.05) is 0 Å². The third-order valence-corrected chi connectivity index (χ3v) is 4.58. The van der Waals surface area contributed by atoms with E-state index in [1.54, 1.807) is 48.5 Å². The molecule has 0 aliphatic heterocycles. The Balaban J connectivity index is 1.96. The lowest BCUT2D eigenvalue weighted by Gasteiger charge is -2.04. The molecule has 2 nitrogen and oxygen atoms in total. The van der Waals surface area contributed by atoms with Crippen molar-refractivity contribution in [1.29, 1.82) is 0 Å². The van der Waals surface area contributed by atoms with Gasteiger partial charge in [-0.05, 0) is 48.5 Å². The summed E-state index contributed by atoms with van der Waals surface area (Å²) in [4.78, 5) is 0.826. The highest BCUT2D eigenvalue weighted by Crippen LogP contribution is 2.26. The van der Waals surface area contributed by atoms with Gasteiger partial charge in [0, 0.05) is 25.7 Å².